The van der Waals surface area contributed by atoms with Gasteiger partial charge in [-0.05, 0) is 35.2 Å². The smallest absolute Gasteiger partial charge is 0.406 e. The summed E-state index contributed by atoms with van der Waals surface area (Å²) in [5.74, 6) is -0.433. The highest BCUT2D eigenvalue weighted by Crippen LogP contribution is 2.26. The molecular formula is C20H24ClF3N2O2. The Morgan fingerprint density at radius 2 is 1.61 bits per heavy atom. The van der Waals surface area contributed by atoms with E-state index < -0.39 is 12.4 Å². The van der Waals surface area contributed by atoms with E-state index in [0.717, 1.165) is 29.5 Å². The zero-order chi connectivity index (χ0) is 19.9. The maximum atomic E-state index is 12.2. The molecule has 3 N–H and O–H groups in total. The summed E-state index contributed by atoms with van der Waals surface area (Å²) in [6.45, 7) is 2.42. The molecule has 0 aromatic heterocycles. The van der Waals surface area contributed by atoms with Gasteiger partial charge in [-0.1, -0.05) is 56.2 Å². The average Bonchev–Trinajstić information content (AvgIpc) is 2.64. The van der Waals surface area contributed by atoms with Gasteiger partial charge in [0.2, 0.25) is 5.91 Å². The molecule has 0 unspecified atom stereocenters. The summed E-state index contributed by atoms with van der Waals surface area (Å²) in [4.78, 5) is 11.9. The first-order valence-corrected chi connectivity index (χ1v) is 8.77. The summed E-state index contributed by atoms with van der Waals surface area (Å²) in [6.07, 6.45) is -2.14. The Balaban J connectivity index is 0.00000392. The highest BCUT2D eigenvalue weighted by Gasteiger charge is 2.30. The Hall–Kier alpha value is -2.25. The fraction of sp³-hybridized carbons (Fsp3) is 0.350. The number of benzene rings is 2. The van der Waals surface area contributed by atoms with Crippen LogP contribution in [0, 0.1) is 0 Å². The summed E-state index contributed by atoms with van der Waals surface area (Å²) in [5.41, 5.74) is 8.35. The van der Waals surface area contributed by atoms with Crippen molar-refractivity contribution >= 4 is 18.3 Å². The lowest BCUT2D eigenvalue weighted by molar-refractivity contribution is -0.274. The van der Waals surface area contributed by atoms with E-state index in [1.165, 1.54) is 12.1 Å². The van der Waals surface area contributed by atoms with Crippen molar-refractivity contribution in [3.63, 3.8) is 0 Å². The first-order valence-electron chi connectivity index (χ1n) is 8.77. The maximum absolute atomic E-state index is 12.2. The van der Waals surface area contributed by atoms with E-state index in [-0.39, 0.29) is 24.1 Å². The summed E-state index contributed by atoms with van der Waals surface area (Å²) in [6, 6.07) is 12.6. The number of rotatable bonds is 8. The number of amides is 1. The molecule has 4 nitrogen and oxygen atoms in total. The van der Waals surface area contributed by atoms with Gasteiger partial charge in [0, 0.05) is 6.54 Å². The number of ether oxygens (including phenoxy) is 1. The summed E-state index contributed by atoms with van der Waals surface area (Å²) in [7, 11) is 0. The molecular weight excluding hydrogens is 393 g/mol. The van der Waals surface area contributed by atoms with Gasteiger partial charge in [0.05, 0.1) is 6.04 Å². The van der Waals surface area contributed by atoms with Crippen LogP contribution in [-0.4, -0.2) is 18.3 Å². The molecule has 0 saturated carbocycles. The second-order valence-electron chi connectivity index (χ2n) is 6.24. The number of nitrogens with two attached hydrogens (primary N) is 1. The molecule has 0 aliphatic heterocycles. The molecule has 8 heteroatoms. The standard InChI is InChI=1S/C20H23F3N2O2.ClH/c1-2-3-4-18(24)19(26)25-13-14-5-7-15(8-6-14)16-9-11-17(12-10-16)27-20(21,22)23;/h5-12,18H,2-4,13,24H2,1H3,(H,25,26);1H/t18-;/m0./s1. The Kier molecular flexibility index (Phi) is 9.28. The summed E-state index contributed by atoms with van der Waals surface area (Å²) >= 11 is 0. The molecule has 1 atom stereocenters. The SMILES string of the molecule is CCCC[C@H](N)C(=O)NCc1ccc(-c2ccc(OC(F)(F)F)cc2)cc1.Cl. The number of halogens is 4. The van der Waals surface area contributed by atoms with Gasteiger partial charge in [-0.2, -0.15) is 0 Å². The molecule has 0 saturated heterocycles. The molecule has 0 bridgehead atoms. The number of carbonyl (C=O) groups is 1. The van der Waals surface area contributed by atoms with Gasteiger partial charge < -0.3 is 15.8 Å². The first-order chi connectivity index (χ1) is 12.8. The third-order valence-corrected chi connectivity index (χ3v) is 4.05. The lowest BCUT2D eigenvalue weighted by Gasteiger charge is -2.12. The van der Waals surface area contributed by atoms with Crippen LogP contribution >= 0.6 is 12.4 Å². The Morgan fingerprint density at radius 3 is 2.11 bits per heavy atom. The van der Waals surface area contributed by atoms with Crippen molar-refractivity contribution in [2.75, 3.05) is 0 Å². The van der Waals surface area contributed by atoms with E-state index in [4.69, 9.17) is 5.73 Å². The van der Waals surface area contributed by atoms with E-state index in [9.17, 15) is 18.0 Å². The van der Waals surface area contributed by atoms with Crippen molar-refractivity contribution in [2.24, 2.45) is 5.73 Å². The van der Waals surface area contributed by atoms with E-state index in [1.807, 2.05) is 31.2 Å². The molecule has 28 heavy (non-hydrogen) atoms. The van der Waals surface area contributed by atoms with Crippen LogP contribution in [-0.2, 0) is 11.3 Å². The average molecular weight is 417 g/mol. The van der Waals surface area contributed by atoms with Crippen LogP contribution in [0.2, 0.25) is 0 Å². The highest BCUT2D eigenvalue weighted by molar-refractivity contribution is 5.85. The van der Waals surface area contributed by atoms with Crippen molar-refractivity contribution in [1.82, 2.24) is 5.32 Å². The second kappa shape index (κ2) is 10.9. The van der Waals surface area contributed by atoms with Gasteiger partial charge in [-0.15, -0.1) is 25.6 Å². The molecule has 0 aliphatic carbocycles. The molecule has 2 aromatic carbocycles. The number of alkyl halides is 3. The largest absolute Gasteiger partial charge is 0.573 e. The van der Waals surface area contributed by atoms with Crippen molar-refractivity contribution in [2.45, 2.75) is 45.1 Å². The Labute approximate surface area is 168 Å². The minimum atomic E-state index is -4.70. The zero-order valence-corrected chi connectivity index (χ0v) is 16.3. The van der Waals surface area contributed by atoms with E-state index in [2.05, 4.69) is 10.1 Å². The van der Waals surface area contributed by atoms with Gasteiger partial charge in [-0.3, -0.25) is 4.79 Å². The van der Waals surface area contributed by atoms with Crippen molar-refractivity contribution in [3.05, 3.63) is 54.1 Å². The summed E-state index contributed by atoms with van der Waals surface area (Å²) < 4.78 is 40.4. The highest BCUT2D eigenvalue weighted by atomic mass is 35.5. The van der Waals surface area contributed by atoms with Crippen LogP contribution in [0.15, 0.2) is 48.5 Å². The molecule has 1 amide bonds. The maximum Gasteiger partial charge on any atom is 0.573 e. The van der Waals surface area contributed by atoms with Crippen molar-refractivity contribution in [3.8, 4) is 16.9 Å². The molecule has 154 valence electrons. The molecule has 0 aliphatic rings. The van der Waals surface area contributed by atoms with Crippen LogP contribution in [0.4, 0.5) is 13.2 Å². The lowest BCUT2D eigenvalue weighted by Crippen LogP contribution is -2.40. The first kappa shape index (κ1) is 23.8. The zero-order valence-electron chi connectivity index (χ0n) is 15.5. The fourth-order valence-electron chi connectivity index (χ4n) is 2.54. The molecule has 0 heterocycles. The number of nitrogens with one attached hydrogen (secondary N) is 1. The van der Waals surface area contributed by atoms with E-state index in [0.29, 0.717) is 13.0 Å². The van der Waals surface area contributed by atoms with Crippen LogP contribution < -0.4 is 15.8 Å². The Morgan fingerprint density at radius 1 is 1.07 bits per heavy atom. The van der Waals surface area contributed by atoms with Gasteiger partial charge in [0.25, 0.3) is 0 Å². The predicted octanol–water partition coefficient (Wildman–Crippen LogP) is 4.81. The Bertz CT molecular complexity index is 735. The third kappa shape index (κ3) is 7.78. The molecule has 0 spiro atoms. The van der Waals surface area contributed by atoms with Gasteiger partial charge in [0.1, 0.15) is 5.75 Å². The fourth-order valence-corrected chi connectivity index (χ4v) is 2.54. The third-order valence-electron chi connectivity index (χ3n) is 4.05. The number of hydrogen-bond acceptors (Lipinski definition) is 3. The second-order valence-corrected chi connectivity index (χ2v) is 6.24. The van der Waals surface area contributed by atoms with Gasteiger partial charge in [0.15, 0.2) is 0 Å². The number of unbranched alkanes of at least 4 members (excludes halogenated alkanes) is 1. The summed E-state index contributed by atoms with van der Waals surface area (Å²) in [5, 5.41) is 2.81. The predicted molar refractivity (Wildman–Crippen MR) is 105 cm³/mol. The normalized spacial score (nSPS) is 12.0. The van der Waals surface area contributed by atoms with Crippen LogP contribution in [0.25, 0.3) is 11.1 Å². The van der Waals surface area contributed by atoms with Gasteiger partial charge >= 0.3 is 6.36 Å². The minimum absolute atomic E-state index is 0. The van der Waals surface area contributed by atoms with E-state index in [1.54, 1.807) is 12.1 Å². The lowest BCUT2D eigenvalue weighted by atomic mass is 10.0. The van der Waals surface area contributed by atoms with Gasteiger partial charge in [-0.25, -0.2) is 0 Å². The van der Waals surface area contributed by atoms with Crippen LogP contribution in [0.3, 0.4) is 0 Å². The topological polar surface area (TPSA) is 64.4 Å². The molecule has 0 radical (unpaired) electrons. The quantitative estimate of drug-likeness (QED) is 0.649. The van der Waals surface area contributed by atoms with Crippen LogP contribution in [0.5, 0.6) is 5.75 Å². The monoisotopic (exact) mass is 416 g/mol. The number of hydrogen-bond donors (Lipinski definition) is 2. The number of carbonyl (C=O) groups excluding carboxylic acids is 1. The van der Waals surface area contributed by atoms with E-state index >= 15 is 0 Å². The minimum Gasteiger partial charge on any atom is -0.406 e. The molecule has 2 aromatic rings. The van der Waals surface area contributed by atoms with Crippen LogP contribution in [0.1, 0.15) is 31.7 Å². The van der Waals surface area contributed by atoms with Crippen molar-refractivity contribution < 1.29 is 22.7 Å². The van der Waals surface area contributed by atoms with Crippen molar-refractivity contribution in [1.29, 1.82) is 0 Å². The molecule has 2 rings (SSSR count). The molecule has 0 fully saturated rings.